The minimum absolute atomic E-state index is 0.177. The van der Waals surface area contributed by atoms with Gasteiger partial charge in [-0.05, 0) is 38.0 Å². The molecule has 0 fully saturated rings. The maximum absolute atomic E-state index is 14.3. The largest absolute Gasteiger partial charge is 0.369 e. The first-order valence-electron chi connectivity index (χ1n) is 7.74. The normalized spacial score (nSPS) is 12.2. The number of carbonyl (C=O) groups is 1. The van der Waals surface area contributed by atoms with Crippen LogP contribution in [-0.2, 0) is 16.1 Å². The SMILES string of the molecule is CCO[C@H](CC)C(=O)NCc1ccc(-n2ccnc2C)c(F)c1. The van der Waals surface area contributed by atoms with Crippen molar-refractivity contribution in [2.24, 2.45) is 0 Å². The molecule has 0 aliphatic heterocycles. The fourth-order valence-corrected chi connectivity index (χ4v) is 2.37. The highest BCUT2D eigenvalue weighted by Gasteiger charge is 2.16. The molecule has 6 heteroatoms. The van der Waals surface area contributed by atoms with Gasteiger partial charge in [-0.3, -0.25) is 4.79 Å². The van der Waals surface area contributed by atoms with Crippen LogP contribution in [0.3, 0.4) is 0 Å². The van der Waals surface area contributed by atoms with Crippen LogP contribution in [0.15, 0.2) is 30.6 Å². The summed E-state index contributed by atoms with van der Waals surface area (Å²) in [5, 5.41) is 2.78. The Hall–Kier alpha value is -2.21. The number of benzene rings is 1. The van der Waals surface area contributed by atoms with E-state index in [2.05, 4.69) is 10.3 Å². The zero-order valence-electron chi connectivity index (χ0n) is 13.7. The lowest BCUT2D eigenvalue weighted by Gasteiger charge is -2.15. The number of halogens is 1. The summed E-state index contributed by atoms with van der Waals surface area (Å²) < 4.78 is 21.3. The van der Waals surface area contributed by atoms with Crippen LogP contribution < -0.4 is 5.32 Å². The van der Waals surface area contributed by atoms with Gasteiger partial charge in [0.15, 0.2) is 0 Å². The summed E-state index contributed by atoms with van der Waals surface area (Å²) in [5.41, 5.74) is 1.14. The van der Waals surface area contributed by atoms with Crippen LogP contribution in [0.5, 0.6) is 0 Å². The average Bonchev–Trinajstić information content (AvgIpc) is 2.96. The van der Waals surface area contributed by atoms with Gasteiger partial charge in [-0.25, -0.2) is 9.37 Å². The molecule has 0 spiro atoms. The van der Waals surface area contributed by atoms with Crippen molar-refractivity contribution in [2.75, 3.05) is 6.61 Å². The van der Waals surface area contributed by atoms with Crippen molar-refractivity contribution < 1.29 is 13.9 Å². The van der Waals surface area contributed by atoms with Crippen LogP contribution in [-0.4, -0.2) is 28.2 Å². The van der Waals surface area contributed by atoms with E-state index in [1.807, 2.05) is 20.8 Å². The van der Waals surface area contributed by atoms with E-state index in [1.165, 1.54) is 6.07 Å². The number of amides is 1. The van der Waals surface area contributed by atoms with Crippen molar-refractivity contribution in [2.45, 2.75) is 39.8 Å². The van der Waals surface area contributed by atoms with Crippen molar-refractivity contribution in [3.63, 3.8) is 0 Å². The standard InChI is InChI=1S/C17H22FN3O2/c1-4-16(23-5-2)17(22)20-11-13-6-7-15(14(18)10-13)21-9-8-19-12(21)3/h6-10,16H,4-5,11H2,1-3H3,(H,20,22)/t16-/m1/s1. The quantitative estimate of drug-likeness (QED) is 0.854. The summed E-state index contributed by atoms with van der Waals surface area (Å²) in [6, 6.07) is 4.90. The second-order valence-electron chi connectivity index (χ2n) is 5.20. The third-order valence-electron chi connectivity index (χ3n) is 3.60. The fourth-order valence-electron chi connectivity index (χ4n) is 2.37. The molecule has 2 rings (SSSR count). The van der Waals surface area contributed by atoms with Crippen LogP contribution in [0.2, 0.25) is 0 Å². The second-order valence-corrected chi connectivity index (χ2v) is 5.20. The number of rotatable bonds is 7. The number of hydrogen-bond acceptors (Lipinski definition) is 3. The molecule has 0 radical (unpaired) electrons. The molecule has 0 aliphatic rings. The van der Waals surface area contributed by atoms with Crippen LogP contribution in [0.25, 0.3) is 5.69 Å². The Bertz CT molecular complexity index is 670. The Morgan fingerprint density at radius 1 is 1.43 bits per heavy atom. The monoisotopic (exact) mass is 319 g/mol. The van der Waals surface area contributed by atoms with E-state index >= 15 is 0 Å². The molecular formula is C17H22FN3O2. The van der Waals surface area contributed by atoms with Crippen LogP contribution in [0.1, 0.15) is 31.7 Å². The lowest BCUT2D eigenvalue weighted by atomic mass is 10.2. The second kappa shape index (κ2) is 7.87. The van der Waals surface area contributed by atoms with Crippen molar-refractivity contribution >= 4 is 5.91 Å². The molecule has 0 saturated heterocycles. The molecular weight excluding hydrogens is 297 g/mol. The van der Waals surface area contributed by atoms with Crippen LogP contribution in [0.4, 0.5) is 4.39 Å². The van der Waals surface area contributed by atoms with E-state index in [-0.39, 0.29) is 18.3 Å². The highest BCUT2D eigenvalue weighted by atomic mass is 19.1. The molecule has 1 N–H and O–H groups in total. The number of carbonyl (C=O) groups excluding carboxylic acids is 1. The lowest BCUT2D eigenvalue weighted by Crippen LogP contribution is -2.35. The smallest absolute Gasteiger partial charge is 0.249 e. The van der Waals surface area contributed by atoms with Crippen LogP contribution >= 0.6 is 0 Å². The topological polar surface area (TPSA) is 56.1 Å². The zero-order valence-corrected chi connectivity index (χ0v) is 13.7. The van der Waals surface area contributed by atoms with E-state index in [1.54, 1.807) is 29.1 Å². The first-order valence-corrected chi connectivity index (χ1v) is 7.74. The molecule has 1 aromatic carbocycles. The molecule has 1 atom stereocenters. The fraction of sp³-hybridized carbons (Fsp3) is 0.412. The molecule has 5 nitrogen and oxygen atoms in total. The third-order valence-corrected chi connectivity index (χ3v) is 3.60. The molecule has 0 aliphatic carbocycles. The summed E-state index contributed by atoms with van der Waals surface area (Å²) in [6.45, 7) is 6.30. The van der Waals surface area contributed by atoms with Gasteiger partial charge in [0.1, 0.15) is 17.7 Å². The summed E-state index contributed by atoms with van der Waals surface area (Å²) in [7, 11) is 0. The average molecular weight is 319 g/mol. The van der Waals surface area contributed by atoms with Gasteiger partial charge in [-0.1, -0.05) is 13.0 Å². The van der Waals surface area contributed by atoms with Gasteiger partial charge in [0.2, 0.25) is 5.91 Å². The molecule has 0 bridgehead atoms. The highest BCUT2D eigenvalue weighted by molar-refractivity contribution is 5.80. The summed E-state index contributed by atoms with van der Waals surface area (Å²) in [5.74, 6) is 0.187. The maximum Gasteiger partial charge on any atom is 0.249 e. The number of ether oxygens (including phenoxy) is 1. The molecule has 23 heavy (non-hydrogen) atoms. The van der Waals surface area contributed by atoms with Crippen molar-refractivity contribution in [3.05, 3.63) is 47.8 Å². The third kappa shape index (κ3) is 4.16. The number of imidazole rings is 1. The Morgan fingerprint density at radius 2 is 2.22 bits per heavy atom. The lowest BCUT2D eigenvalue weighted by molar-refractivity contribution is -0.132. The van der Waals surface area contributed by atoms with Crippen molar-refractivity contribution in [1.29, 1.82) is 0 Å². The number of aryl methyl sites for hydroxylation is 1. The van der Waals surface area contributed by atoms with Gasteiger partial charge in [-0.15, -0.1) is 0 Å². The van der Waals surface area contributed by atoms with Gasteiger partial charge in [0.25, 0.3) is 0 Å². The molecule has 1 amide bonds. The van der Waals surface area contributed by atoms with E-state index < -0.39 is 6.10 Å². The van der Waals surface area contributed by atoms with Gasteiger partial charge < -0.3 is 14.6 Å². The zero-order chi connectivity index (χ0) is 16.8. The Balaban J connectivity index is 2.04. The van der Waals surface area contributed by atoms with E-state index in [9.17, 15) is 9.18 Å². The summed E-state index contributed by atoms with van der Waals surface area (Å²) in [4.78, 5) is 16.1. The van der Waals surface area contributed by atoms with Gasteiger partial charge >= 0.3 is 0 Å². The molecule has 1 aromatic heterocycles. The van der Waals surface area contributed by atoms with Gasteiger partial charge in [-0.2, -0.15) is 0 Å². The van der Waals surface area contributed by atoms with E-state index in [4.69, 9.17) is 4.74 Å². The highest BCUT2D eigenvalue weighted by Crippen LogP contribution is 2.16. The van der Waals surface area contributed by atoms with Gasteiger partial charge in [0, 0.05) is 25.5 Å². The van der Waals surface area contributed by atoms with E-state index in [0.717, 1.165) is 0 Å². The summed E-state index contributed by atoms with van der Waals surface area (Å²) in [6.07, 6.45) is 3.48. The number of nitrogens with one attached hydrogen (secondary N) is 1. The molecule has 1 heterocycles. The molecule has 0 unspecified atom stereocenters. The first-order chi connectivity index (χ1) is 11.1. The van der Waals surface area contributed by atoms with E-state index in [0.29, 0.717) is 30.1 Å². The van der Waals surface area contributed by atoms with Crippen LogP contribution in [0, 0.1) is 12.7 Å². The minimum Gasteiger partial charge on any atom is -0.369 e. The molecule has 0 saturated carbocycles. The minimum atomic E-state index is -0.460. The summed E-state index contributed by atoms with van der Waals surface area (Å²) >= 11 is 0. The number of nitrogens with zero attached hydrogens (tertiary/aromatic N) is 2. The van der Waals surface area contributed by atoms with Gasteiger partial charge in [0.05, 0.1) is 5.69 Å². The molecule has 124 valence electrons. The van der Waals surface area contributed by atoms with Crippen molar-refractivity contribution in [1.82, 2.24) is 14.9 Å². The predicted molar refractivity (Wildman–Crippen MR) is 85.8 cm³/mol. The number of hydrogen-bond donors (Lipinski definition) is 1. The maximum atomic E-state index is 14.3. The predicted octanol–water partition coefficient (Wildman–Crippen LogP) is 2.75. The Morgan fingerprint density at radius 3 is 2.78 bits per heavy atom. The molecule has 2 aromatic rings. The van der Waals surface area contributed by atoms with Crippen molar-refractivity contribution in [3.8, 4) is 5.69 Å². The number of aromatic nitrogens is 2. The first kappa shape index (κ1) is 17.1. The Kier molecular flexibility index (Phi) is 5.87. The Labute approximate surface area is 135 Å².